The molecule has 3 aliphatic rings. The van der Waals surface area contributed by atoms with E-state index in [0.717, 1.165) is 49.4 Å². The number of quaternary nitrogens is 1. The number of benzene rings is 2. The topological polar surface area (TPSA) is 58.7 Å². The third kappa shape index (κ3) is 2.63. The zero-order chi connectivity index (χ0) is 19.3. The normalized spacial score (nSPS) is 28.4. The second kappa shape index (κ2) is 6.41. The Morgan fingerprint density at radius 1 is 1.21 bits per heavy atom. The van der Waals surface area contributed by atoms with Gasteiger partial charge in [-0.2, -0.15) is 5.10 Å². The summed E-state index contributed by atoms with van der Waals surface area (Å²) in [5.41, 5.74) is 2.81. The Labute approximate surface area is 165 Å². The van der Waals surface area contributed by atoms with E-state index in [1.54, 1.807) is 13.2 Å². The molecule has 2 aromatic rings. The molecule has 6 nitrogen and oxygen atoms in total. The van der Waals surface area contributed by atoms with E-state index in [1.807, 2.05) is 18.2 Å². The lowest BCUT2D eigenvalue weighted by Gasteiger charge is -2.49. The van der Waals surface area contributed by atoms with Crippen LogP contribution in [-0.4, -0.2) is 48.8 Å². The number of methoxy groups -OCH3 is 1. The molecule has 0 amide bonds. The number of piperidine rings is 1. The summed E-state index contributed by atoms with van der Waals surface area (Å²) in [5.74, 6) is 1.60. The zero-order valence-corrected chi connectivity index (χ0v) is 16.3. The van der Waals surface area contributed by atoms with Crippen LogP contribution >= 0.6 is 0 Å². The minimum atomic E-state index is -0.374. The van der Waals surface area contributed by atoms with Gasteiger partial charge in [0.15, 0.2) is 11.5 Å². The standard InChI is InChI=1S/C22H25N3O3/c1-24-11-9-22(10-12-24)25-18(16-5-3-4-6-20(16)28-22)14-17(23-25)15-7-8-19(26)21(13-15)27-2/h3-8,13,18,26H,9-12,14H2,1-2H3/p+1/t18-/m1/s1. The second-order valence-electron chi connectivity index (χ2n) is 8.04. The molecule has 2 aromatic carbocycles. The molecule has 0 radical (unpaired) electrons. The van der Waals surface area contributed by atoms with Crippen molar-refractivity contribution in [2.24, 2.45) is 5.10 Å². The van der Waals surface area contributed by atoms with E-state index >= 15 is 0 Å². The van der Waals surface area contributed by atoms with Gasteiger partial charge in [0, 0.05) is 17.5 Å². The van der Waals surface area contributed by atoms with E-state index < -0.39 is 0 Å². The average Bonchev–Trinajstić information content (AvgIpc) is 3.17. The van der Waals surface area contributed by atoms with Crippen molar-refractivity contribution in [3.05, 3.63) is 53.6 Å². The molecule has 0 aromatic heterocycles. The van der Waals surface area contributed by atoms with Crippen LogP contribution in [0.25, 0.3) is 0 Å². The fraction of sp³-hybridized carbons (Fsp3) is 0.409. The molecule has 0 aliphatic carbocycles. The maximum atomic E-state index is 9.94. The lowest BCUT2D eigenvalue weighted by molar-refractivity contribution is -0.888. The maximum absolute atomic E-state index is 9.94. The molecule has 1 spiro atoms. The summed E-state index contributed by atoms with van der Waals surface area (Å²) >= 11 is 0. The van der Waals surface area contributed by atoms with Crippen molar-refractivity contribution in [1.82, 2.24) is 5.01 Å². The number of aromatic hydroxyl groups is 1. The number of para-hydroxylation sites is 1. The zero-order valence-electron chi connectivity index (χ0n) is 16.3. The van der Waals surface area contributed by atoms with Crippen molar-refractivity contribution in [3.8, 4) is 17.2 Å². The quantitative estimate of drug-likeness (QED) is 0.836. The van der Waals surface area contributed by atoms with Crippen LogP contribution in [-0.2, 0) is 0 Å². The van der Waals surface area contributed by atoms with E-state index in [-0.39, 0.29) is 17.5 Å². The van der Waals surface area contributed by atoms with Crippen molar-refractivity contribution in [2.45, 2.75) is 31.0 Å². The van der Waals surface area contributed by atoms with Crippen LogP contribution < -0.4 is 14.4 Å². The average molecular weight is 380 g/mol. The highest BCUT2D eigenvalue weighted by Gasteiger charge is 2.52. The van der Waals surface area contributed by atoms with Crippen molar-refractivity contribution < 1.29 is 19.5 Å². The lowest BCUT2D eigenvalue weighted by Crippen LogP contribution is -3.11. The van der Waals surface area contributed by atoms with Crippen molar-refractivity contribution in [3.63, 3.8) is 0 Å². The van der Waals surface area contributed by atoms with Crippen LogP contribution in [0.2, 0.25) is 0 Å². The molecule has 146 valence electrons. The van der Waals surface area contributed by atoms with Crippen molar-refractivity contribution in [1.29, 1.82) is 0 Å². The van der Waals surface area contributed by atoms with Gasteiger partial charge in [-0.05, 0) is 24.3 Å². The molecule has 3 heterocycles. The number of nitrogens with one attached hydrogen (secondary N) is 1. The summed E-state index contributed by atoms with van der Waals surface area (Å²) in [5, 5.41) is 17.2. The lowest BCUT2D eigenvalue weighted by atomic mass is 9.91. The van der Waals surface area contributed by atoms with E-state index in [1.165, 1.54) is 10.5 Å². The highest BCUT2D eigenvalue weighted by molar-refractivity contribution is 6.02. The molecule has 5 rings (SSSR count). The number of ether oxygens (including phenoxy) is 2. The number of fused-ring (bicyclic) bond motifs is 4. The number of nitrogens with zero attached hydrogens (tertiary/aromatic N) is 2. The third-order valence-corrected chi connectivity index (χ3v) is 6.30. The molecule has 2 N–H and O–H groups in total. The minimum Gasteiger partial charge on any atom is -0.504 e. The fourth-order valence-electron chi connectivity index (χ4n) is 4.66. The number of hydrazone groups is 1. The molecule has 3 aliphatic heterocycles. The van der Waals surface area contributed by atoms with Crippen LogP contribution in [0.3, 0.4) is 0 Å². The third-order valence-electron chi connectivity index (χ3n) is 6.30. The SMILES string of the molecule is COc1cc(C2=NN3[C@H](C2)c2ccccc2OC32CC[NH+](C)CC2)ccc1O. The number of hydrogen-bond acceptors (Lipinski definition) is 5. The predicted octanol–water partition coefficient (Wildman–Crippen LogP) is 1.95. The smallest absolute Gasteiger partial charge is 0.208 e. The highest BCUT2D eigenvalue weighted by Crippen LogP contribution is 2.49. The van der Waals surface area contributed by atoms with Gasteiger partial charge in [0.25, 0.3) is 0 Å². The van der Waals surface area contributed by atoms with E-state index in [4.69, 9.17) is 14.6 Å². The van der Waals surface area contributed by atoms with Gasteiger partial charge in [-0.25, -0.2) is 5.01 Å². The molecular weight excluding hydrogens is 354 g/mol. The largest absolute Gasteiger partial charge is 0.504 e. The van der Waals surface area contributed by atoms with Gasteiger partial charge in [-0.1, -0.05) is 18.2 Å². The van der Waals surface area contributed by atoms with Gasteiger partial charge < -0.3 is 19.5 Å². The first kappa shape index (κ1) is 17.4. The van der Waals surface area contributed by atoms with Crippen LogP contribution in [0.5, 0.6) is 17.2 Å². The molecule has 1 saturated heterocycles. The Bertz CT molecular complexity index is 934. The van der Waals surface area contributed by atoms with E-state index in [9.17, 15) is 5.11 Å². The Morgan fingerprint density at radius 2 is 2.00 bits per heavy atom. The Kier molecular flexibility index (Phi) is 3.98. The van der Waals surface area contributed by atoms with Crippen LogP contribution in [0.1, 0.15) is 36.4 Å². The molecule has 0 unspecified atom stereocenters. The molecule has 0 saturated carbocycles. The molecule has 1 atom stereocenters. The van der Waals surface area contributed by atoms with E-state index in [0.29, 0.717) is 5.75 Å². The number of rotatable bonds is 2. The fourth-order valence-corrected chi connectivity index (χ4v) is 4.66. The van der Waals surface area contributed by atoms with E-state index in [2.05, 4.69) is 30.3 Å². The van der Waals surface area contributed by atoms with Crippen LogP contribution in [0.4, 0.5) is 0 Å². The highest BCUT2D eigenvalue weighted by atomic mass is 16.5. The molecular formula is C22H26N3O3+. The summed E-state index contributed by atoms with van der Waals surface area (Å²) < 4.78 is 11.9. The number of phenols is 1. The number of phenolic OH excluding ortho intramolecular Hbond substituents is 1. The maximum Gasteiger partial charge on any atom is 0.208 e. The van der Waals surface area contributed by atoms with Gasteiger partial charge in [0.2, 0.25) is 5.72 Å². The van der Waals surface area contributed by atoms with Gasteiger partial charge in [-0.15, -0.1) is 0 Å². The second-order valence-corrected chi connectivity index (χ2v) is 8.04. The molecule has 28 heavy (non-hydrogen) atoms. The first-order valence-electron chi connectivity index (χ1n) is 9.93. The monoisotopic (exact) mass is 380 g/mol. The summed E-state index contributed by atoms with van der Waals surface area (Å²) in [6, 6.07) is 14.0. The Balaban J connectivity index is 1.57. The number of likely N-dealkylation sites (tertiary alicyclic amines) is 1. The first-order valence-corrected chi connectivity index (χ1v) is 9.93. The van der Waals surface area contributed by atoms with Gasteiger partial charge in [-0.3, -0.25) is 0 Å². The summed E-state index contributed by atoms with van der Waals surface area (Å²) in [7, 11) is 3.81. The predicted molar refractivity (Wildman–Crippen MR) is 106 cm³/mol. The van der Waals surface area contributed by atoms with Gasteiger partial charge in [0.1, 0.15) is 5.75 Å². The summed E-state index contributed by atoms with van der Waals surface area (Å²) in [4.78, 5) is 1.54. The van der Waals surface area contributed by atoms with Gasteiger partial charge in [0.05, 0.1) is 51.8 Å². The summed E-state index contributed by atoms with van der Waals surface area (Å²) in [6.45, 7) is 2.15. The Hall–Kier alpha value is -2.73. The number of hydrogen-bond donors (Lipinski definition) is 2. The van der Waals surface area contributed by atoms with Crippen LogP contribution in [0, 0.1) is 0 Å². The summed E-state index contributed by atoms with van der Waals surface area (Å²) in [6.07, 6.45) is 2.73. The minimum absolute atomic E-state index is 0.144. The van der Waals surface area contributed by atoms with Crippen molar-refractivity contribution >= 4 is 5.71 Å². The molecule has 0 bridgehead atoms. The van der Waals surface area contributed by atoms with Crippen LogP contribution in [0.15, 0.2) is 47.6 Å². The molecule has 6 heteroatoms. The first-order chi connectivity index (χ1) is 13.6. The van der Waals surface area contributed by atoms with Gasteiger partial charge >= 0.3 is 0 Å². The Morgan fingerprint density at radius 3 is 2.79 bits per heavy atom. The molecule has 1 fully saturated rings. The van der Waals surface area contributed by atoms with Crippen molar-refractivity contribution in [2.75, 3.05) is 27.2 Å².